The first kappa shape index (κ1) is 22.6. The van der Waals surface area contributed by atoms with Crippen LogP contribution in [0.15, 0.2) is 35.5 Å². The van der Waals surface area contributed by atoms with E-state index in [9.17, 15) is 24.6 Å². The summed E-state index contributed by atoms with van der Waals surface area (Å²) in [4.78, 5) is 36.6. The molecule has 2 atom stereocenters. The van der Waals surface area contributed by atoms with E-state index in [1.54, 1.807) is 31.4 Å². The third-order valence-corrected chi connectivity index (χ3v) is 5.57. The quantitative estimate of drug-likeness (QED) is 0.357. The molecule has 1 aromatic carbocycles. The van der Waals surface area contributed by atoms with E-state index in [-0.39, 0.29) is 53.2 Å². The van der Waals surface area contributed by atoms with Gasteiger partial charge in [-0.05, 0) is 23.3 Å². The van der Waals surface area contributed by atoms with Gasteiger partial charge in [-0.2, -0.15) is 0 Å². The van der Waals surface area contributed by atoms with Crippen LogP contribution < -0.4 is 44.7 Å². The SMILES string of the molecule is COc1ccc(COC(=O)N[C@@H]2C(=O)N3C(C(=O)[O-])=C(CO)CS[C@H]23)cc1.[Na+]. The molecule has 1 saturated heterocycles. The fourth-order valence-electron chi connectivity index (χ4n) is 2.83. The number of rotatable bonds is 6. The molecule has 1 aromatic rings. The number of carboxylic acids is 1. The van der Waals surface area contributed by atoms with Crippen LogP contribution in [0.3, 0.4) is 0 Å². The minimum Gasteiger partial charge on any atom is -0.543 e. The van der Waals surface area contributed by atoms with Crippen molar-refractivity contribution < 1.29 is 63.6 Å². The molecule has 2 amide bonds. The zero-order chi connectivity index (χ0) is 19.6. The van der Waals surface area contributed by atoms with Gasteiger partial charge in [0.15, 0.2) is 0 Å². The summed E-state index contributed by atoms with van der Waals surface area (Å²) in [5, 5.41) is 22.4. The number of aliphatic hydroxyl groups excluding tert-OH is 1. The number of amides is 2. The summed E-state index contributed by atoms with van der Waals surface area (Å²) in [6.07, 6.45) is -0.781. The summed E-state index contributed by atoms with van der Waals surface area (Å²) in [6.45, 7) is -0.466. The van der Waals surface area contributed by atoms with Crippen molar-refractivity contribution in [2.24, 2.45) is 0 Å². The summed E-state index contributed by atoms with van der Waals surface area (Å²) in [7, 11) is 1.55. The molecule has 0 radical (unpaired) electrons. The number of hydrogen-bond donors (Lipinski definition) is 2. The number of carboxylic acid groups (broad SMARTS) is 1. The molecule has 2 heterocycles. The third kappa shape index (κ3) is 4.47. The number of nitrogens with zero attached hydrogens (tertiary/aromatic N) is 1. The van der Waals surface area contributed by atoms with Crippen LogP contribution in [0, 0.1) is 0 Å². The average Bonchev–Trinajstić information content (AvgIpc) is 2.69. The Labute approximate surface area is 187 Å². The maximum absolute atomic E-state index is 12.3. The van der Waals surface area contributed by atoms with Gasteiger partial charge in [-0.25, -0.2) is 4.79 Å². The Morgan fingerprint density at radius 3 is 2.61 bits per heavy atom. The van der Waals surface area contributed by atoms with Gasteiger partial charge < -0.3 is 29.8 Å². The Morgan fingerprint density at radius 1 is 1.36 bits per heavy atom. The van der Waals surface area contributed by atoms with Crippen LogP contribution in [0.2, 0.25) is 0 Å². The number of β-lactam (4-membered cyclic amide) rings is 1. The largest absolute Gasteiger partial charge is 1.00 e. The van der Waals surface area contributed by atoms with Gasteiger partial charge >= 0.3 is 35.7 Å². The Balaban J connectivity index is 0.00000280. The van der Waals surface area contributed by atoms with Gasteiger partial charge in [-0.1, -0.05) is 12.1 Å². The third-order valence-electron chi connectivity index (χ3n) is 4.23. The van der Waals surface area contributed by atoms with Crippen molar-refractivity contribution in [3.05, 3.63) is 41.1 Å². The molecule has 0 spiro atoms. The monoisotopic (exact) mass is 416 g/mol. The molecule has 2 aliphatic rings. The van der Waals surface area contributed by atoms with E-state index in [0.29, 0.717) is 5.75 Å². The van der Waals surface area contributed by atoms with Crippen molar-refractivity contribution in [3.8, 4) is 5.75 Å². The summed E-state index contributed by atoms with van der Waals surface area (Å²) in [5.74, 6) is -1.21. The van der Waals surface area contributed by atoms with Gasteiger partial charge in [0.1, 0.15) is 23.8 Å². The number of carbonyl (C=O) groups excluding carboxylic acids is 3. The number of methoxy groups -OCH3 is 1. The van der Waals surface area contributed by atoms with Crippen LogP contribution in [0.5, 0.6) is 5.75 Å². The Bertz CT molecular complexity index is 799. The molecule has 11 heteroatoms. The number of carbonyl (C=O) groups is 3. The number of aliphatic carboxylic acids is 1. The number of nitrogens with one attached hydrogen (secondary N) is 1. The number of fused-ring (bicyclic) bond motifs is 1. The smallest absolute Gasteiger partial charge is 0.543 e. The van der Waals surface area contributed by atoms with Crippen LogP contribution in [0.1, 0.15) is 5.56 Å². The zero-order valence-corrected chi connectivity index (χ0v) is 18.2. The first-order chi connectivity index (χ1) is 13.0. The number of aliphatic hydroxyl groups is 1. The molecule has 144 valence electrons. The van der Waals surface area contributed by atoms with Crippen molar-refractivity contribution in [1.82, 2.24) is 10.2 Å². The van der Waals surface area contributed by atoms with Gasteiger partial charge in [-0.3, -0.25) is 9.69 Å². The molecular formula is C17H17N2NaO7S. The van der Waals surface area contributed by atoms with Crippen LogP contribution >= 0.6 is 11.8 Å². The Hall–Kier alpha value is -1.72. The number of benzene rings is 1. The van der Waals surface area contributed by atoms with E-state index in [0.717, 1.165) is 10.5 Å². The van der Waals surface area contributed by atoms with Crippen molar-refractivity contribution in [3.63, 3.8) is 0 Å². The number of alkyl carbamates (subject to hydrolysis) is 1. The second-order valence-corrected chi connectivity index (χ2v) is 6.96. The standard InChI is InChI=1S/C17H18N2O7S.Na/c1-25-11-4-2-9(3-5-11)7-26-17(24)18-12-14(21)19-13(16(22)23)10(6-20)8-27-15(12)19;/h2-5,12,15,20H,6-8H2,1H3,(H,18,24)(H,22,23);/q;+1/p-1/t12-,15-;/m1./s1. The van der Waals surface area contributed by atoms with Gasteiger partial charge in [0.2, 0.25) is 0 Å². The minimum atomic E-state index is -1.53. The van der Waals surface area contributed by atoms with Crippen molar-refractivity contribution in [1.29, 1.82) is 0 Å². The molecule has 1 fully saturated rings. The first-order valence-corrected chi connectivity index (χ1v) is 9.06. The average molecular weight is 416 g/mol. The van der Waals surface area contributed by atoms with E-state index < -0.39 is 36.0 Å². The van der Waals surface area contributed by atoms with Gasteiger partial charge in [-0.15, -0.1) is 11.8 Å². The van der Waals surface area contributed by atoms with Crippen LogP contribution in [-0.2, 0) is 20.9 Å². The molecule has 0 aromatic heterocycles. The molecule has 2 N–H and O–H groups in total. The van der Waals surface area contributed by atoms with E-state index in [1.165, 1.54) is 11.8 Å². The van der Waals surface area contributed by atoms with E-state index in [2.05, 4.69) is 5.32 Å². The summed E-state index contributed by atoms with van der Waals surface area (Å²) >= 11 is 1.25. The van der Waals surface area contributed by atoms with Crippen LogP contribution in [0.25, 0.3) is 0 Å². The number of ether oxygens (including phenoxy) is 2. The second-order valence-electron chi connectivity index (χ2n) is 5.85. The molecule has 2 aliphatic heterocycles. The van der Waals surface area contributed by atoms with Crippen molar-refractivity contribution in [2.45, 2.75) is 18.0 Å². The minimum absolute atomic E-state index is 0. The topological polar surface area (TPSA) is 128 Å². The predicted molar refractivity (Wildman–Crippen MR) is 92.3 cm³/mol. The fraction of sp³-hybridized carbons (Fsp3) is 0.353. The van der Waals surface area contributed by atoms with E-state index >= 15 is 0 Å². The molecule has 28 heavy (non-hydrogen) atoms. The molecule has 0 saturated carbocycles. The van der Waals surface area contributed by atoms with Crippen molar-refractivity contribution in [2.75, 3.05) is 19.5 Å². The van der Waals surface area contributed by atoms with Gasteiger partial charge in [0.25, 0.3) is 5.91 Å². The summed E-state index contributed by atoms with van der Waals surface area (Å²) in [6, 6.07) is 6.05. The zero-order valence-electron chi connectivity index (χ0n) is 15.3. The van der Waals surface area contributed by atoms with Crippen LogP contribution in [0.4, 0.5) is 4.79 Å². The van der Waals surface area contributed by atoms with Crippen LogP contribution in [-0.4, -0.2) is 58.9 Å². The normalized spacial score (nSPS) is 20.5. The number of hydrogen-bond acceptors (Lipinski definition) is 8. The Morgan fingerprint density at radius 2 is 2.04 bits per heavy atom. The maximum Gasteiger partial charge on any atom is 1.00 e. The van der Waals surface area contributed by atoms with Gasteiger partial charge in [0, 0.05) is 5.75 Å². The molecule has 0 bridgehead atoms. The first-order valence-electron chi connectivity index (χ1n) is 8.01. The molecule has 0 unspecified atom stereocenters. The molecule has 9 nitrogen and oxygen atoms in total. The van der Waals surface area contributed by atoms with E-state index in [4.69, 9.17) is 9.47 Å². The van der Waals surface area contributed by atoms with Gasteiger partial charge in [0.05, 0.1) is 25.4 Å². The Kier molecular flexibility index (Phi) is 7.79. The predicted octanol–water partition coefficient (Wildman–Crippen LogP) is -3.79. The molecule has 0 aliphatic carbocycles. The van der Waals surface area contributed by atoms with E-state index in [1.807, 2.05) is 0 Å². The summed E-state index contributed by atoms with van der Waals surface area (Å²) < 4.78 is 10.1. The molecular weight excluding hydrogens is 399 g/mol. The molecule has 3 rings (SSSR count). The van der Waals surface area contributed by atoms with Crippen molar-refractivity contribution >= 4 is 29.7 Å². The fourth-order valence-corrected chi connectivity index (χ4v) is 4.17. The maximum atomic E-state index is 12.3. The second kappa shape index (κ2) is 9.66. The number of thioether (sulfide) groups is 1. The summed E-state index contributed by atoms with van der Waals surface area (Å²) in [5.41, 5.74) is 0.635.